The first-order chi connectivity index (χ1) is 8.56. The maximum absolute atomic E-state index is 12.0. The number of rotatable bonds is 6. The van der Waals surface area contributed by atoms with Crippen LogP contribution in [-0.2, 0) is 6.42 Å². The monoisotopic (exact) mass is 270 g/mol. The van der Waals surface area contributed by atoms with Gasteiger partial charge >= 0.3 is 0 Å². The van der Waals surface area contributed by atoms with Crippen LogP contribution in [0.25, 0.3) is 0 Å². The number of nitrogens with zero attached hydrogens (tertiary/aromatic N) is 1. The first-order valence-electron chi connectivity index (χ1n) is 6.15. The van der Waals surface area contributed by atoms with Crippen molar-refractivity contribution < 1.29 is 9.90 Å². The van der Waals surface area contributed by atoms with E-state index in [-0.39, 0.29) is 18.6 Å². The third-order valence-corrected chi connectivity index (χ3v) is 2.75. The minimum absolute atomic E-state index is 0.0552. The van der Waals surface area contributed by atoms with Crippen molar-refractivity contribution in [1.82, 2.24) is 10.3 Å². The highest BCUT2D eigenvalue weighted by Gasteiger charge is 2.11. The van der Waals surface area contributed by atoms with E-state index in [2.05, 4.69) is 10.3 Å². The van der Waals surface area contributed by atoms with E-state index in [9.17, 15) is 4.79 Å². The second-order valence-electron chi connectivity index (χ2n) is 4.31. The van der Waals surface area contributed by atoms with Crippen LogP contribution in [0.4, 0.5) is 0 Å². The van der Waals surface area contributed by atoms with Gasteiger partial charge in [-0.15, -0.1) is 0 Å². The van der Waals surface area contributed by atoms with Crippen LogP contribution in [0.5, 0.6) is 0 Å². The molecule has 0 saturated carbocycles. The normalized spacial score (nSPS) is 12.2. The van der Waals surface area contributed by atoms with E-state index in [1.165, 1.54) is 0 Å². The van der Waals surface area contributed by atoms with Crippen molar-refractivity contribution in [2.24, 2.45) is 0 Å². The van der Waals surface area contributed by atoms with Gasteiger partial charge in [0.05, 0.1) is 0 Å². The van der Waals surface area contributed by atoms with E-state index in [0.29, 0.717) is 17.1 Å². The molecule has 1 rings (SSSR count). The first kappa shape index (κ1) is 14.9. The number of pyridine rings is 1. The largest absolute Gasteiger partial charge is 0.396 e. The van der Waals surface area contributed by atoms with E-state index in [1.807, 2.05) is 13.8 Å². The lowest BCUT2D eigenvalue weighted by atomic mass is 10.1. The molecule has 2 N–H and O–H groups in total. The van der Waals surface area contributed by atoms with Crippen molar-refractivity contribution in [2.45, 2.75) is 39.2 Å². The van der Waals surface area contributed by atoms with Gasteiger partial charge in [0.1, 0.15) is 5.15 Å². The Morgan fingerprint density at radius 1 is 1.56 bits per heavy atom. The average molecular weight is 271 g/mol. The summed E-state index contributed by atoms with van der Waals surface area (Å²) in [4.78, 5) is 16.1. The third kappa shape index (κ3) is 4.63. The molecule has 0 spiro atoms. The molecule has 0 fully saturated rings. The fraction of sp³-hybridized carbons (Fsp3) is 0.538. The van der Waals surface area contributed by atoms with Crippen LogP contribution < -0.4 is 5.32 Å². The van der Waals surface area contributed by atoms with Crippen molar-refractivity contribution >= 4 is 17.5 Å². The maximum atomic E-state index is 12.0. The van der Waals surface area contributed by atoms with E-state index in [0.717, 1.165) is 18.5 Å². The van der Waals surface area contributed by atoms with Crippen molar-refractivity contribution in [3.63, 3.8) is 0 Å². The lowest BCUT2D eigenvalue weighted by Crippen LogP contribution is -2.33. The highest BCUT2D eigenvalue weighted by Crippen LogP contribution is 2.12. The fourth-order valence-corrected chi connectivity index (χ4v) is 1.87. The summed E-state index contributed by atoms with van der Waals surface area (Å²) in [5.74, 6) is -0.183. The second-order valence-corrected chi connectivity index (χ2v) is 4.69. The Kier molecular flexibility index (Phi) is 6.09. The highest BCUT2D eigenvalue weighted by molar-refractivity contribution is 6.29. The van der Waals surface area contributed by atoms with Crippen LogP contribution in [0.3, 0.4) is 0 Å². The summed E-state index contributed by atoms with van der Waals surface area (Å²) >= 11 is 5.90. The molecule has 0 saturated heterocycles. The standard InChI is InChI=1S/C13H19ClN2O2/c1-3-4-11-7-10(8-12(14)16-11)13(18)15-9(2)5-6-17/h7-9,17H,3-6H2,1-2H3,(H,15,18). The molecule has 1 aromatic heterocycles. The Balaban J connectivity index is 2.78. The molecule has 4 nitrogen and oxygen atoms in total. The number of aromatic nitrogens is 1. The maximum Gasteiger partial charge on any atom is 0.251 e. The zero-order chi connectivity index (χ0) is 13.5. The molecule has 0 aliphatic heterocycles. The highest BCUT2D eigenvalue weighted by atomic mass is 35.5. The number of nitrogens with one attached hydrogen (secondary N) is 1. The van der Waals surface area contributed by atoms with E-state index in [4.69, 9.17) is 16.7 Å². The molecule has 100 valence electrons. The second kappa shape index (κ2) is 7.34. The van der Waals surface area contributed by atoms with Gasteiger partial charge in [0.15, 0.2) is 0 Å². The molecule has 0 aromatic carbocycles. The number of amides is 1. The number of carbonyl (C=O) groups excluding carboxylic acids is 1. The van der Waals surface area contributed by atoms with Crippen LogP contribution in [0.2, 0.25) is 5.15 Å². The minimum atomic E-state index is -0.183. The Bertz CT molecular complexity index is 410. The number of hydrogen-bond acceptors (Lipinski definition) is 3. The number of aliphatic hydroxyl groups excluding tert-OH is 1. The predicted molar refractivity (Wildman–Crippen MR) is 71.9 cm³/mol. The molecule has 0 bridgehead atoms. The fourth-order valence-electron chi connectivity index (χ4n) is 1.64. The lowest BCUT2D eigenvalue weighted by Gasteiger charge is -2.13. The Hall–Kier alpha value is -1.13. The Morgan fingerprint density at radius 2 is 2.28 bits per heavy atom. The summed E-state index contributed by atoms with van der Waals surface area (Å²) in [6, 6.07) is 3.25. The summed E-state index contributed by atoms with van der Waals surface area (Å²) in [5.41, 5.74) is 1.34. The van der Waals surface area contributed by atoms with Gasteiger partial charge in [-0.1, -0.05) is 24.9 Å². The minimum Gasteiger partial charge on any atom is -0.396 e. The number of aryl methyl sites for hydroxylation is 1. The molecule has 0 radical (unpaired) electrons. The molecule has 0 aliphatic rings. The molecule has 5 heteroatoms. The number of hydrogen-bond donors (Lipinski definition) is 2. The van der Waals surface area contributed by atoms with Gasteiger partial charge in [-0.25, -0.2) is 4.98 Å². The predicted octanol–water partition coefficient (Wildman–Crippen LogP) is 2.19. The number of aliphatic hydroxyl groups is 1. The summed E-state index contributed by atoms with van der Waals surface area (Å²) in [5, 5.41) is 11.9. The van der Waals surface area contributed by atoms with Crippen LogP contribution in [-0.4, -0.2) is 28.6 Å². The zero-order valence-corrected chi connectivity index (χ0v) is 11.5. The molecule has 18 heavy (non-hydrogen) atoms. The molecule has 1 unspecified atom stereocenters. The van der Waals surface area contributed by atoms with Gasteiger partial charge in [0.25, 0.3) is 5.91 Å². The quantitative estimate of drug-likeness (QED) is 0.779. The molecular weight excluding hydrogens is 252 g/mol. The van der Waals surface area contributed by atoms with Crippen molar-refractivity contribution in [3.05, 3.63) is 28.5 Å². The topological polar surface area (TPSA) is 62.2 Å². The Labute approximate surface area is 112 Å². The molecular formula is C13H19ClN2O2. The summed E-state index contributed by atoms with van der Waals surface area (Å²) in [6.45, 7) is 3.95. The Morgan fingerprint density at radius 3 is 2.89 bits per heavy atom. The van der Waals surface area contributed by atoms with Gasteiger partial charge in [0, 0.05) is 23.9 Å². The SMILES string of the molecule is CCCc1cc(C(=O)NC(C)CCO)cc(Cl)n1. The van der Waals surface area contributed by atoms with Gasteiger partial charge < -0.3 is 10.4 Å². The van der Waals surface area contributed by atoms with Gasteiger partial charge in [-0.3, -0.25) is 4.79 Å². The molecule has 1 heterocycles. The van der Waals surface area contributed by atoms with Crippen LogP contribution in [0, 0.1) is 0 Å². The van der Waals surface area contributed by atoms with Gasteiger partial charge in [-0.2, -0.15) is 0 Å². The van der Waals surface area contributed by atoms with Crippen LogP contribution in [0.1, 0.15) is 42.7 Å². The summed E-state index contributed by atoms with van der Waals surface area (Å²) in [6.07, 6.45) is 2.29. The van der Waals surface area contributed by atoms with E-state index >= 15 is 0 Å². The molecule has 0 aliphatic carbocycles. The summed E-state index contributed by atoms with van der Waals surface area (Å²) in [7, 11) is 0. The van der Waals surface area contributed by atoms with Crippen LogP contribution >= 0.6 is 11.6 Å². The van der Waals surface area contributed by atoms with Crippen LogP contribution in [0.15, 0.2) is 12.1 Å². The molecule has 1 atom stereocenters. The molecule has 1 amide bonds. The van der Waals surface area contributed by atoms with Crippen molar-refractivity contribution in [2.75, 3.05) is 6.61 Å². The number of halogens is 1. The number of carbonyl (C=O) groups is 1. The zero-order valence-electron chi connectivity index (χ0n) is 10.7. The van der Waals surface area contributed by atoms with Crippen molar-refractivity contribution in [1.29, 1.82) is 0 Å². The summed E-state index contributed by atoms with van der Waals surface area (Å²) < 4.78 is 0. The molecule has 1 aromatic rings. The average Bonchev–Trinajstić information content (AvgIpc) is 2.28. The first-order valence-corrected chi connectivity index (χ1v) is 6.52. The van der Waals surface area contributed by atoms with Crippen molar-refractivity contribution in [3.8, 4) is 0 Å². The van der Waals surface area contributed by atoms with Gasteiger partial charge in [0.2, 0.25) is 0 Å². The van der Waals surface area contributed by atoms with E-state index < -0.39 is 0 Å². The smallest absolute Gasteiger partial charge is 0.251 e. The van der Waals surface area contributed by atoms with Gasteiger partial charge in [-0.05, 0) is 31.9 Å². The van der Waals surface area contributed by atoms with E-state index in [1.54, 1.807) is 12.1 Å². The third-order valence-electron chi connectivity index (χ3n) is 2.56. The lowest BCUT2D eigenvalue weighted by molar-refractivity contribution is 0.0934.